The molecule has 7 aromatic rings. The molecule has 3 aromatic heterocycles. The van der Waals surface area contributed by atoms with Crippen molar-refractivity contribution >= 4 is 35.2 Å². The first-order valence-electron chi connectivity index (χ1n) is 18.3. The Labute approximate surface area is 306 Å². The maximum absolute atomic E-state index is 8.96. The molecule has 245 valence electrons. The second-order valence-corrected chi connectivity index (χ2v) is 18.0. The number of aryl methyl sites for hydroxylation is 1. The minimum atomic E-state index is -2.13. The van der Waals surface area contributed by atoms with E-state index in [2.05, 4.69) is 47.8 Å². The zero-order valence-corrected chi connectivity index (χ0v) is 31.5. The molecule has 1 unspecified atom stereocenters. The number of furan rings is 1. The van der Waals surface area contributed by atoms with Crippen LogP contribution in [-0.4, -0.2) is 18.0 Å². The largest absolute Gasteiger partial charge is 0.501 e. The minimum Gasteiger partial charge on any atom is -0.501 e. The third kappa shape index (κ3) is 7.60. The van der Waals surface area contributed by atoms with Gasteiger partial charge < -0.3 is 14.4 Å². The molecule has 7 rings (SSSR count). The molecule has 0 saturated carbocycles. The van der Waals surface area contributed by atoms with Crippen LogP contribution >= 0.6 is 0 Å². The summed E-state index contributed by atoms with van der Waals surface area (Å²) in [5.41, 5.74) is 7.76. The number of aromatic nitrogens is 2. The van der Waals surface area contributed by atoms with E-state index in [-0.39, 0.29) is 25.7 Å². The van der Waals surface area contributed by atoms with Crippen molar-refractivity contribution in [1.29, 1.82) is 0 Å². The molecule has 0 aliphatic rings. The summed E-state index contributed by atoms with van der Waals surface area (Å²) in [5, 5.41) is 3.32. The van der Waals surface area contributed by atoms with Crippen molar-refractivity contribution in [2.45, 2.75) is 59.1 Å². The molecule has 0 fully saturated rings. The van der Waals surface area contributed by atoms with Gasteiger partial charge in [-0.1, -0.05) is 124 Å². The predicted octanol–water partition coefficient (Wildman–Crippen LogP) is 11.1. The summed E-state index contributed by atoms with van der Waals surface area (Å²) in [6, 6.07) is 38.8. The molecule has 0 saturated heterocycles. The van der Waals surface area contributed by atoms with Crippen LogP contribution < -0.4 is 5.19 Å². The molecule has 1 radical (unpaired) electrons. The third-order valence-corrected chi connectivity index (χ3v) is 10.3. The summed E-state index contributed by atoms with van der Waals surface area (Å²) in [7, 11) is -1.61. The van der Waals surface area contributed by atoms with E-state index >= 15 is 0 Å². The molecule has 3 nitrogen and oxygen atoms in total. The van der Waals surface area contributed by atoms with E-state index in [0.717, 1.165) is 61.1 Å². The van der Waals surface area contributed by atoms with Gasteiger partial charge in [-0.25, -0.2) is 0 Å². The van der Waals surface area contributed by atoms with Gasteiger partial charge in [0, 0.05) is 50.6 Å². The zero-order valence-electron chi connectivity index (χ0n) is 33.1. The number of pyridine rings is 2. The Hall–Kier alpha value is -4.15. The van der Waals surface area contributed by atoms with Crippen LogP contribution in [0.15, 0.2) is 120 Å². The molecule has 5 heteroatoms. The fourth-order valence-corrected chi connectivity index (χ4v) is 7.32. The van der Waals surface area contributed by atoms with Gasteiger partial charge >= 0.3 is 0 Å². The number of hydrogen-bond acceptors (Lipinski definition) is 3. The summed E-state index contributed by atoms with van der Waals surface area (Å²) in [4.78, 5) is 9.12. The van der Waals surface area contributed by atoms with Crippen molar-refractivity contribution in [3.63, 3.8) is 0 Å². The molecule has 3 heterocycles. The summed E-state index contributed by atoms with van der Waals surface area (Å²) in [6.45, 7) is 10.3. The van der Waals surface area contributed by atoms with E-state index in [4.69, 9.17) is 11.3 Å². The van der Waals surface area contributed by atoms with E-state index in [1.54, 1.807) is 18.3 Å². The standard InChI is InChI=1S/C25H18NO.C18H24NSi.Ir/c1-17(18-8-3-2-4-9-18)19-14-15-26-23(16-19)22-12-7-11-21-20-10-5-6-13-24(20)27-25(21)22;1-13(2)16-11-17(15-9-7-14(3)8-10-15)19-12-18(16)20(4,5)6;/h2-11,13-17H,1H3;7-9,11-13H,1-6H3;/q2*-1;/i17D;3D3,13D;. The maximum atomic E-state index is 8.96. The van der Waals surface area contributed by atoms with Crippen molar-refractivity contribution in [3.8, 4) is 22.5 Å². The van der Waals surface area contributed by atoms with Gasteiger partial charge in [-0.2, -0.15) is 0 Å². The van der Waals surface area contributed by atoms with Crippen molar-refractivity contribution in [3.05, 3.63) is 150 Å². The van der Waals surface area contributed by atoms with Crippen LogP contribution in [0, 0.1) is 19.0 Å². The number of rotatable bonds is 6. The third-order valence-electron chi connectivity index (χ3n) is 8.33. The van der Waals surface area contributed by atoms with Crippen molar-refractivity contribution < 1.29 is 31.4 Å². The van der Waals surface area contributed by atoms with E-state index in [1.807, 2.05) is 106 Å². The Bertz CT molecular complexity index is 2340. The predicted molar refractivity (Wildman–Crippen MR) is 200 cm³/mol. The molecule has 0 bridgehead atoms. The molecule has 4 aromatic carbocycles. The van der Waals surface area contributed by atoms with Crippen LogP contribution in [0.2, 0.25) is 19.6 Å². The molecular weight excluding hydrogens is 781 g/mol. The smallest absolute Gasteiger partial charge is 0.120 e. The van der Waals surface area contributed by atoms with Crippen LogP contribution in [0.5, 0.6) is 0 Å². The molecule has 0 aliphatic heterocycles. The van der Waals surface area contributed by atoms with Gasteiger partial charge in [-0.15, -0.1) is 53.6 Å². The van der Waals surface area contributed by atoms with Gasteiger partial charge in [0.2, 0.25) is 0 Å². The second-order valence-electron chi connectivity index (χ2n) is 13.0. The van der Waals surface area contributed by atoms with Gasteiger partial charge in [-0.3, -0.25) is 0 Å². The van der Waals surface area contributed by atoms with Gasteiger partial charge in [0.1, 0.15) is 5.58 Å². The average molecular weight is 828 g/mol. The summed E-state index contributed by atoms with van der Waals surface area (Å²) >= 11 is 0. The van der Waals surface area contributed by atoms with Crippen LogP contribution in [0.3, 0.4) is 0 Å². The molecule has 0 amide bonds. The number of para-hydroxylation sites is 1. The first-order valence-corrected chi connectivity index (χ1v) is 19.3. The maximum Gasteiger partial charge on any atom is 0.120 e. The Kier molecular flexibility index (Phi) is 8.98. The zero-order chi connectivity index (χ0) is 37.5. The van der Waals surface area contributed by atoms with Gasteiger partial charge in [0.25, 0.3) is 0 Å². The Balaban J connectivity index is 0.000000203. The Morgan fingerprint density at radius 3 is 2.27 bits per heavy atom. The second kappa shape index (κ2) is 14.9. The van der Waals surface area contributed by atoms with E-state index < -0.39 is 26.7 Å². The van der Waals surface area contributed by atoms with Gasteiger partial charge in [0.15, 0.2) is 0 Å². The van der Waals surface area contributed by atoms with Crippen LogP contribution in [-0.2, 0) is 20.1 Å². The van der Waals surface area contributed by atoms with Crippen molar-refractivity contribution in [2.24, 2.45) is 0 Å². The SMILES string of the molecule is [2H]C(C)(c1ccccc1)c1ccnc(-c2[c-]ccc3c2oc2ccccc23)c1.[2H]C([2H])([2H])c1c[c-]c(-c2cc(C([2H])(C)C)c([Si](C)(C)C)cn2)cc1.[Ir]. The quantitative estimate of drug-likeness (QED) is 0.124. The van der Waals surface area contributed by atoms with Crippen LogP contribution in [0.1, 0.15) is 61.7 Å². The molecule has 0 N–H and O–H groups in total. The van der Waals surface area contributed by atoms with Gasteiger partial charge in [-0.05, 0) is 45.7 Å². The minimum absolute atomic E-state index is 0. The normalized spacial score (nSPS) is 14.7. The van der Waals surface area contributed by atoms with Crippen molar-refractivity contribution in [2.75, 3.05) is 0 Å². The number of benzene rings is 4. The first-order chi connectivity index (χ1) is 24.4. The fraction of sp³-hybridized carbons (Fsp3) is 0.209. The topological polar surface area (TPSA) is 38.9 Å². The molecule has 0 spiro atoms. The van der Waals surface area contributed by atoms with Crippen LogP contribution in [0.25, 0.3) is 44.5 Å². The summed E-state index contributed by atoms with van der Waals surface area (Å²) in [6.07, 6.45) is 3.65. The average Bonchev–Trinajstić information content (AvgIpc) is 3.50. The number of fused-ring (bicyclic) bond motifs is 3. The first kappa shape index (κ1) is 28.8. The Morgan fingerprint density at radius 1 is 0.792 bits per heavy atom. The molecular formula is C43H42IrN2OSi-2. The van der Waals surface area contributed by atoms with Crippen LogP contribution in [0.4, 0.5) is 0 Å². The van der Waals surface area contributed by atoms with Gasteiger partial charge in [0.05, 0.1) is 13.7 Å². The van der Waals surface area contributed by atoms with E-state index in [9.17, 15) is 0 Å². The number of hydrogen-bond donors (Lipinski definition) is 0. The summed E-state index contributed by atoms with van der Waals surface area (Å²) in [5.74, 6) is -1.59. The Morgan fingerprint density at radius 2 is 1.56 bits per heavy atom. The van der Waals surface area contributed by atoms with E-state index in [1.165, 1.54) is 11.3 Å². The molecule has 48 heavy (non-hydrogen) atoms. The number of nitrogens with zero attached hydrogens (tertiary/aromatic N) is 2. The molecule has 1 atom stereocenters. The fourth-order valence-electron chi connectivity index (χ4n) is 5.73. The van der Waals surface area contributed by atoms with Crippen molar-refractivity contribution in [1.82, 2.24) is 9.97 Å². The van der Waals surface area contributed by atoms with E-state index in [0.29, 0.717) is 0 Å². The summed E-state index contributed by atoms with van der Waals surface area (Å²) < 4.78 is 45.9. The monoisotopic (exact) mass is 828 g/mol. The molecule has 0 aliphatic carbocycles.